The number of hydrogen-bond donors (Lipinski definition) is 0. The summed E-state index contributed by atoms with van der Waals surface area (Å²) < 4.78 is 37.0. The van der Waals surface area contributed by atoms with E-state index in [0.717, 1.165) is 4.90 Å². The molecule has 98 valence electrons. The van der Waals surface area contributed by atoms with Crippen LogP contribution >= 0.6 is 23.4 Å². The van der Waals surface area contributed by atoms with Crippen LogP contribution in [0, 0.1) is 0 Å². The zero-order chi connectivity index (χ0) is 13.1. The van der Waals surface area contributed by atoms with Crippen molar-refractivity contribution >= 4 is 35.1 Å². The number of halogens is 4. The molecule has 0 N–H and O–H groups in total. The lowest BCUT2D eigenvalue weighted by molar-refractivity contribution is -0.187. The van der Waals surface area contributed by atoms with Crippen LogP contribution in [-0.2, 0) is 9.59 Å². The molecule has 8 heteroatoms. The Morgan fingerprint density at radius 2 is 2.06 bits per heavy atom. The maximum absolute atomic E-state index is 12.3. The van der Waals surface area contributed by atoms with E-state index < -0.39 is 18.1 Å². The molecule has 0 radical (unpaired) electrons. The van der Waals surface area contributed by atoms with Gasteiger partial charge in [-0.3, -0.25) is 9.59 Å². The van der Waals surface area contributed by atoms with Crippen molar-refractivity contribution in [2.45, 2.75) is 18.6 Å². The molecule has 0 aromatic heterocycles. The summed E-state index contributed by atoms with van der Waals surface area (Å²) in [7, 11) is 0. The Kier molecular flexibility index (Phi) is 5.12. The summed E-state index contributed by atoms with van der Waals surface area (Å²) in [5, 5.41) is 0. The minimum absolute atomic E-state index is 0.0171. The molecule has 1 aliphatic rings. The number of nitrogens with zero attached hydrogens (tertiary/aromatic N) is 1. The summed E-state index contributed by atoms with van der Waals surface area (Å²) >= 11 is 6.74. The van der Waals surface area contributed by atoms with Crippen molar-refractivity contribution in [3.8, 4) is 0 Å². The Morgan fingerprint density at radius 1 is 1.41 bits per heavy atom. The molecule has 3 nitrogen and oxygen atoms in total. The number of alkyl halides is 4. The Morgan fingerprint density at radius 3 is 2.59 bits per heavy atom. The Hall–Kier alpha value is -0.430. The molecular formula is C9H11ClF3NO2S. The highest BCUT2D eigenvalue weighted by molar-refractivity contribution is 7.99. The minimum atomic E-state index is -4.88. The van der Waals surface area contributed by atoms with Crippen LogP contribution in [0.25, 0.3) is 0 Å². The number of amides is 1. The van der Waals surface area contributed by atoms with Crippen molar-refractivity contribution in [1.29, 1.82) is 0 Å². The average Bonchev–Trinajstić information content (AvgIpc) is 2.27. The third-order valence-corrected chi connectivity index (χ3v) is 3.73. The highest BCUT2D eigenvalue weighted by Crippen LogP contribution is 2.26. The molecule has 0 aliphatic carbocycles. The van der Waals surface area contributed by atoms with Crippen molar-refractivity contribution in [1.82, 2.24) is 4.90 Å². The van der Waals surface area contributed by atoms with E-state index >= 15 is 0 Å². The van der Waals surface area contributed by atoms with E-state index in [2.05, 4.69) is 0 Å². The summed E-state index contributed by atoms with van der Waals surface area (Å²) in [5.74, 6) is -1.67. The molecule has 1 atom stereocenters. The van der Waals surface area contributed by atoms with Gasteiger partial charge in [-0.05, 0) is 0 Å². The van der Waals surface area contributed by atoms with E-state index in [9.17, 15) is 22.8 Å². The van der Waals surface area contributed by atoms with Crippen LogP contribution in [0.2, 0.25) is 0 Å². The van der Waals surface area contributed by atoms with Crippen molar-refractivity contribution < 1.29 is 22.8 Å². The molecule has 0 bridgehead atoms. The van der Waals surface area contributed by atoms with Crippen molar-refractivity contribution in [3.63, 3.8) is 0 Å². The molecule has 0 saturated carbocycles. The van der Waals surface area contributed by atoms with Gasteiger partial charge in [0.05, 0.1) is 5.88 Å². The van der Waals surface area contributed by atoms with Crippen LogP contribution in [0.15, 0.2) is 0 Å². The molecule has 1 rings (SSSR count). The first-order chi connectivity index (χ1) is 7.86. The van der Waals surface area contributed by atoms with E-state index in [1.807, 2.05) is 0 Å². The molecule has 1 saturated heterocycles. The third kappa shape index (κ3) is 4.06. The number of carbonyl (C=O) groups excluding carboxylic acids is 2. The number of carbonyl (C=O) groups is 2. The third-order valence-electron chi connectivity index (χ3n) is 2.34. The topological polar surface area (TPSA) is 37.4 Å². The summed E-state index contributed by atoms with van der Waals surface area (Å²) in [6.45, 7) is 0.0171. The van der Waals surface area contributed by atoms with Crippen LogP contribution in [0.3, 0.4) is 0 Å². The summed E-state index contributed by atoms with van der Waals surface area (Å²) in [5.41, 5.74) is 0. The number of hydrogen-bond acceptors (Lipinski definition) is 3. The Labute approximate surface area is 106 Å². The fraction of sp³-hybridized carbons (Fsp3) is 0.778. The lowest BCUT2D eigenvalue weighted by atomic mass is 10.1. The molecule has 0 aromatic rings. The second-order valence-electron chi connectivity index (χ2n) is 3.60. The molecule has 17 heavy (non-hydrogen) atoms. The predicted molar refractivity (Wildman–Crippen MR) is 59.2 cm³/mol. The van der Waals surface area contributed by atoms with Crippen molar-refractivity contribution in [2.75, 3.05) is 23.9 Å². The lowest BCUT2D eigenvalue weighted by Crippen LogP contribution is -2.52. The van der Waals surface area contributed by atoms with Crippen molar-refractivity contribution in [3.05, 3.63) is 0 Å². The zero-order valence-corrected chi connectivity index (χ0v) is 10.4. The molecule has 1 fully saturated rings. The first kappa shape index (κ1) is 14.6. The van der Waals surface area contributed by atoms with Crippen LogP contribution in [0.1, 0.15) is 6.42 Å². The number of Topliss-reactive ketones (excluding diaryl/α,β-unsaturated/α-hetero) is 1. The minimum Gasteiger partial charge on any atom is -0.330 e. The molecule has 1 amide bonds. The summed E-state index contributed by atoms with van der Waals surface area (Å²) in [4.78, 5) is 23.0. The molecule has 1 heterocycles. The fourth-order valence-corrected chi connectivity index (χ4v) is 2.74. The second kappa shape index (κ2) is 5.95. The first-order valence-corrected chi connectivity index (χ1v) is 6.58. The maximum atomic E-state index is 12.3. The van der Waals surface area contributed by atoms with Gasteiger partial charge in [-0.2, -0.15) is 24.9 Å². The van der Waals surface area contributed by atoms with Crippen LogP contribution < -0.4 is 0 Å². The fourth-order valence-electron chi connectivity index (χ4n) is 1.57. The van der Waals surface area contributed by atoms with Gasteiger partial charge in [0.15, 0.2) is 0 Å². The first-order valence-electron chi connectivity index (χ1n) is 4.89. The molecule has 1 aliphatic heterocycles. The summed E-state index contributed by atoms with van der Waals surface area (Å²) in [6.07, 6.45) is -5.00. The van der Waals surface area contributed by atoms with Gasteiger partial charge in [0.25, 0.3) is 0 Å². The second-order valence-corrected chi connectivity index (χ2v) is 5.02. The zero-order valence-electron chi connectivity index (χ0n) is 8.80. The predicted octanol–water partition coefficient (Wildman–Crippen LogP) is 1.69. The smallest absolute Gasteiger partial charge is 0.330 e. The number of ketones is 1. The molecule has 0 aromatic carbocycles. The Balaban J connectivity index is 2.72. The van der Waals surface area contributed by atoms with Crippen LogP contribution in [-0.4, -0.2) is 52.7 Å². The van der Waals surface area contributed by atoms with Gasteiger partial charge < -0.3 is 4.90 Å². The number of rotatable bonds is 3. The largest absolute Gasteiger partial charge is 0.471 e. The monoisotopic (exact) mass is 289 g/mol. The summed E-state index contributed by atoms with van der Waals surface area (Å²) in [6, 6.07) is -0.700. The number of thioether (sulfide) groups is 1. The van der Waals surface area contributed by atoms with Gasteiger partial charge in [0.1, 0.15) is 5.78 Å². The Bertz CT molecular complexity index is 311. The van der Waals surface area contributed by atoms with Gasteiger partial charge >= 0.3 is 12.1 Å². The van der Waals surface area contributed by atoms with Gasteiger partial charge in [-0.1, -0.05) is 0 Å². The standard InChI is InChI=1S/C9H11ClF3NO2S/c10-4-7(15)3-6-5-17-2-1-14(6)8(16)9(11,12)13/h6H,1-5H2. The van der Waals surface area contributed by atoms with E-state index in [0.29, 0.717) is 11.5 Å². The van der Waals surface area contributed by atoms with Gasteiger partial charge in [0, 0.05) is 30.5 Å². The van der Waals surface area contributed by atoms with Gasteiger partial charge in [-0.25, -0.2) is 0 Å². The normalized spacial score (nSPS) is 21.4. The van der Waals surface area contributed by atoms with Crippen LogP contribution in [0.4, 0.5) is 13.2 Å². The molecular weight excluding hydrogens is 279 g/mol. The highest BCUT2D eigenvalue weighted by atomic mass is 35.5. The molecule has 0 spiro atoms. The van der Waals surface area contributed by atoms with Gasteiger partial charge in [0.2, 0.25) is 0 Å². The van der Waals surface area contributed by atoms with Crippen LogP contribution in [0.5, 0.6) is 0 Å². The van der Waals surface area contributed by atoms with E-state index in [4.69, 9.17) is 11.6 Å². The highest BCUT2D eigenvalue weighted by Gasteiger charge is 2.45. The van der Waals surface area contributed by atoms with Crippen molar-refractivity contribution in [2.24, 2.45) is 0 Å². The lowest BCUT2D eigenvalue weighted by Gasteiger charge is -2.35. The SMILES string of the molecule is O=C(CCl)CC1CSCCN1C(=O)C(F)(F)F. The molecule has 1 unspecified atom stereocenters. The van der Waals surface area contributed by atoms with E-state index in [1.54, 1.807) is 0 Å². The quantitative estimate of drug-likeness (QED) is 0.742. The van der Waals surface area contributed by atoms with E-state index in [-0.39, 0.29) is 24.6 Å². The maximum Gasteiger partial charge on any atom is 0.471 e. The van der Waals surface area contributed by atoms with Gasteiger partial charge in [-0.15, -0.1) is 11.6 Å². The van der Waals surface area contributed by atoms with E-state index in [1.165, 1.54) is 11.8 Å². The average molecular weight is 290 g/mol.